The van der Waals surface area contributed by atoms with Gasteiger partial charge in [-0.2, -0.15) is 0 Å². The lowest BCUT2D eigenvalue weighted by Crippen LogP contribution is -2.34. The van der Waals surface area contributed by atoms with Gasteiger partial charge >= 0.3 is 0 Å². The van der Waals surface area contributed by atoms with Crippen LogP contribution in [0.25, 0.3) is 0 Å². The first-order valence-corrected chi connectivity index (χ1v) is 6.51. The third-order valence-corrected chi connectivity index (χ3v) is 3.50. The second-order valence-corrected chi connectivity index (χ2v) is 4.99. The quantitative estimate of drug-likeness (QED) is 0.913. The number of aliphatic hydroxyl groups is 1. The van der Waals surface area contributed by atoms with Crippen molar-refractivity contribution in [3.63, 3.8) is 0 Å². The Morgan fingerprint density at radius 3 is 2.90 bits per heavy atom. The summed E-state index contributed by atoms with van der Waals surface area (Å²) in [5.41, 5.74) is 0. The highest BCUT2D eigenvalue weighted by Crippen LogP contribution is 2.21. The number of likely N-dealkylation sites (tertiary alicyclic amines) is 1. The maximum atomic E-state index is 13.3. The maximum Gasteiger partial charge on any atom is 0.260 e. The van der Waals surface area contributed by atoms with Crippen LogP contribution in [0.2, 0.25) is 0 Å². The van der Waals surface area contributed by atoms with Gasteiger partial charge in [-0.3, -0.25) is 4.79 Å². The van der Waals surface area contributed by atoms with E-state index in [2.05, 4.69) is 0 Å². The Morgan fingerprint density at radius 1 is 1.55 bits per heavy atom. The number of aliphatic hydroxyl groups excluding tert-OH is 1. The second kappa shape index (κ2) is 6.17. The number of carbonyl (C=O) groups is 1. The summed E-state index contributed by atoms with van der Waals surface area (Å²) in [6.07, 6.45) is 0.289. The lowest BCUT2D eigenvalue weighted by molar-refractivity contribution is -0.132. The van der Waals surface area contributed by atoms with E-state index in [0.717, 1.165) is 18.6 Å². The monoisotopic (exact) mass is 285 g/mol. The Bertz CT molecular complexity index is 493. The van der Waals surface area contributed by atoms with Crippen LogP contribution in [0.15, 0.2) is 18.2 Å². The minimum Gasteiger partial charge on any atom is -0.481 e. The summed E-state index contributed by atoms with van der Waals surface area (Å²) in [7, 11) is 0. The Balaban J connectivity index is 1.86. The molecule has 1 fully saturated rings. The van der Waals surface area contributed by atoms with E-state index in [0.29, 0.717) is 19.2 Å². The molecule has 2 unspecified atom stereocenters. The number of hydrogen-bond acceptors (Lipinski definition) is 3. The molecule has 1 saturated heterocycles. The number of amides is 1. The third kappa shape index (κ3) is 3.45. The molecule has 0 spiro atoms. The Hall–Kier alpha value is -1.69. The number of hydrogen-bond donors (Lipinski definition) is 1. The molecule has 1 amide bonds. The highest BCUT2D eigenvalue weighted by Gasteiger charge is 2.29. The zero-order chi connectivity index (χ0) is 14.7. The largest absolute Gasteiger partial charge is 0.481 e. The van der Waals surface area contributed by atoms with E-state index >= 15 is 0 Å². The molecule has 0 saturated carbocycles. The van der Waals surface area contributed by atoms with Crippen LogP contribution in [0, 0.1) is 17.6 Å². The van der Waals surface area contributed by atoms with Gasteiger partial charge in [0, 0.05) is 25.1 Å². The molecule has 110 valence electrons. The van der Waals surface area contributed by atoms with Gasteiger partial charge in [0.1, 0.15) is 5.82 Å². The first-order chi connectivity index (χ1) is 9.47. The summed E-state index contributed by atoms with van der Waals surface area (Å²) in [5.74, 6) is -1.87. The van der Waals surface area contributed by atoms with Crippen molar-refractivity contribution in [2.75, 3.05) is 19.7 Å². The third-order valence-electron chi connectivity index (χ3n) is 3.50. The molecule has 1 aromatic rings. The lowest BCUT2D eigenvalue weighted by atomic mass is 10.0. The van der Waals surface area contributed by atoms with Gasteiger partial charge in [0.25, 0.3) is 5.91 Å². The van der Waals surface area contributed by atoms with Gasteiger partial charge in [0.2, 0.25) is 0 Å². The van der Waals surface area contributed by atoms with E-state index in [4.69, 9.17) is 4.74 Å². The van der Waals surface area contributed by atoms with E-state index in [1.54, 1.807) is 11.8 Å². The minimum absolute atomic E-state index is 0.0708. The SMILES string of the molecule is CC(O)C1CCN(C(=O)COc2ccc(F)cc2F)C1. The minimum atomic E-state index is -0.832. The molecule has 1 aliphatic rings. The molecule has 4 nitrogen and oxygen atoms in total. The predicted molar refractivity (Wildman–Crippen MR) is 68.2 cm³/mol. The average Bonchev–Trinajstić information content (AvgIpc) is 2.87. The van der Waals surface area contributed by atoms with Crippen molar-refractivity contribution in [3.8, 4) is 5.75 Å². The van der Waals surface area contributed by atoms with Gasteiger partial charge in [-0.1, -0.05) is 0 Å². The Morgan fingerprint density at radius 2 is 2.30 bits per heavy atom. The fourth-order valence-electron chi connectivity index (χ4n) is 2.23. The van der Waals surface area contributed by atoms with Crippen molar-refractivity contribution in [1.82, 2.24) is 4.90 Å². The molecular weight excluding hydrogens is 268 g/mol. The maximum absolute atomic E-state index is 13.3. The van der Waals surface area contributed by atoms with Gasteiger partial charge in [-0.05, 0) is 25.5 Å². The number of halogens is 2. The Kier molecular flexibility index (Phi) is 4.54. The topological polar surface area (TPSA) is 49.8 Å². The summed E-state index contributed by atoms with van der Waals surface area (Å²) >= 11 is 0. The van der Waals surface area contributed by atoms with E-state index in [9.17, 15) is 18.7 Å². The molecule has 20 heavy (non-hydrogen) atoms. The number of ether oxygens (including phenoxy) is 1. The van der Waals surface area contributed by atoms with E-state index in [1.165, 1.54) is 0 Å². The zero-order valence-corrected chi connectivity index (χ0v) is 11.2. The zero-order valence-electron chi connectivity index (χ0n) is 11.2. The first-order valence-electron chi connectivity index (χ1n) is 6.51. The van der Waals surface area contributed by atoms with E-state index in [-0.39, 0.29) is 24.2 Å². The number of benzene rings is 1. The smallest absolute Gasteiger partial charge is 0.260 e. The highest BCUT2D eigenvalue weighted by molar-refractivity contribution is 5.78. The molecule has 6 heteroatoms. The molecule has 0 bridgehead atoms. The van der Waals surface area contributed by atoms with Crippen LogP contribution in [0.4, 0.5) is 8.78 Å². The van der Waals surface area contributed by atoms with Crippen LogP contribution < -0.4 is 4.74 Å². The van der Waals surface area contributed by atoms with Crippen molar-refractivity contribution in [2.45, 2.75) is 19.4 Å². The van der Waals surface area contributed by atoms with Crippen molar-refractivity contribution in [1.29, 1.82) is 0 Å². The number of carbonyl (C=O) groups excluding carboxylic acids is 1. The fourth-order valence-corrected chi connectivity index (χ4v) is 2.23. The number of rotatable bonds is 4. The molecule has 2 rings (SSSR count). The highest BCUT2D eigenvalue weighted by atomic mass is 19.1. The van der Waals surface area contributed by atoms with Crippen LogP contribution >= 0.6 is 0 Å². The van der Waals surface area contributed by atoms with Gasteiger partial charge < -0.3 is 14.7 Å². The summed E-state index contributed by atoms with van der Waals surface area (Å²) in [6, 6.07) is 2.93. The van der Waals surface area contributed by atoms with Crippen molar-refractivity contribution < 1.29 is 23.4 Å². The standard InChI is InChI=1S/C14H17F2NO3/c1-9(18)10-4-5-17(7-10)14(19)8-20-13-3-2-11(15)6-12(13)16/h2-3,6,9-10,18H,4-5,7-8H2,1H3. The molecular formula is C14H17F2NO3. The summed E-state index contributed by atoms with van der Waals surface area (Å²) < 4.78 is 31.1. The van der Waals surface area contributed by atoms with Gasteiger partial charge in [-0.25, -0.2) is 8.78 Å². The van der Waals surface area contributed by atoms with Crippen LogP contribution in [0.3, 0.4) is 0 Å². The van der Waals surface area contributed by atoms with Crippen molar-refractivity contribution in [3.05, 3.63) is 29.8 Å². The van der Waals surface area contributed by atoms with Gasteiger partial charge in [0.05, 0.1) is 6.10 Å². The molecule has 0 aliphatic carbocycles. The van der Waals surface area contributed by atoms with Crippen molar-refractivity contribution in [2.24, 2.45) is 5.92 Å². The van der Waals surface area contributed by atoms with Gasteiger partial charge in [0.15, 0.2) is 18.2 Å². The van der Waals surface area contributed by atoms with Crippen LogP contribution in [0.1, 0.15) is 13.3 Å². The summed E-state index contributed by atoms with van der Waals surface area (Å²) in [6.45, 7) is 2.44. The molecule has 2 atom stereocenters. The van der Waals surface area contributed by atoms with E-state index < -0.39 is 17.7 Å². The molecule has 1 aromatic carbocycles. The van der Waals surface area contributed by atoms with Crippen LogP contribution in [0.5, 0.6) is 5.75 Å². The lowest BCUT2D eigenvalue weighted by Gasteiger charge is -2.18. The predicted octanol–water partition coefficient (Wildman–Crippen LogP) is 1.57. The Labute approximate surface area is 116 Å². The van der Waals surface area contributed by atoms with Gasteiger partial charge in [-0.15, -0.1) is 0 Å². The molecule has 1 N–H and O–H groups in total. The molecule has 1 aliphatic heterocycles. The van der Waals surface area contributed by atoms with Crippen molar-refractivity contribution >= 4 is 5.91 Å². The molecule has 0 aromatic heterocycles. The normalized spacial score (nSPS) is 20.0. The molecule has 0 radical (unpaired) electrons. The van der Waals surface area contributed by atoms with E-state index in [1.807, 2.05) is 0 Å². The number of nitrogens with zero attached hydrogens (tertiary/aromatic N) is 1. The molecule has 1 heterocycles. The average molecular weight is 285 g/mol. The fraction of sp³-hybridized carbons (Fsp3) is 0.500. The summed E-state index contributed by atoms with van der Waals surface area (Å²) in [4.78, 5) is 13.5. The van der Waals surface area contributed by atoms with Crippen LogP contribution in [-0.4, -0.2) is 41.7 Å². The second-order valence-electron chi connectivity index (χ2n) is 4.99. The first kappa shape index (κ1) is 14.7. The van der Waals surface area contributed by atoms with Crippen LogP contribution in [-0.2, 0) is 4.79 Å². The summed E-state index contributed by atoms with van der Waals surface area (Å²) in [5, 5.41) is 9.47.